The van der Waals surface area contributed by atoms with Crippen LogP contribution in [0.15, 0.2) is 18.2 Å². The Bertz CT molecular complexity index is 478. The van der Waals surface area contributed by atoms with Crippen LogP contribution in [0.2, 0.25) is 0 Å². The summed E-state index contributed by atoms with van der Waals surface area (Å²) in [5.74, 6) is 3.23. The van der Waals surface area contributed by atoms with Gasteiger partial charge in [0.2, 0.25) is 0 Å². The third-order valence-electron chi connectivity index (χ3n) is 4.31. The van der Waals surface area contributed by atoms with E-state index in [9.17, 15) is 0 Å². The van der Waals surface area contributed by atoms with Crippen LogP contribution in [0, 0.1) is 5.92 Å². The van der Waals surface area contributed by atoms with Gasteiger partial charge in [0.05, 0.1) is 0 Å². The van der Waals surface area contributed by atoms with Gasteiger partial charge in [-0.3, -0.25) is 0 Å². The number of ether oxygens (including phenoxy) is 2. The highest BCUT2D eigenvalue weighted by atomic mass is 16.6. The number of hydrogen-bond acceptors (Lipinski definition) is 3. The number of rotatable bonds is 3. The van der Waals surface area contributed by atoms with Crippen LogP contribution in [0.3, 0.4) is 0 Å². The second-order valence-corrected chi connectivity index (χ2v) is 6.98. The summed E-state index contributed by atoms with van der Waals surface area (Å²) < 4.78 is 11.3. The maximum absolute atomic E-state index is 5.69. The molecular weight excluding hydrogens is 250 g/mol. The molecule has 0 saturated heterocycles. The summed E-state index contributed by atoms with van der Waals surface area (Å²) >= 11 is 0. The Morgan fingerprint density at radius 3 is 2.50 bits per heavy atom. The lowest BCUT2D eigenvalue weighted by atomic mass is 9.69. The smallest absolute Gasteiger partial charge is 0.161 e. The zero-order chi connectivity index (χ0) is 14.2. The van der Waals surface area contributed by atoms with Gasteiger partial charge < -0.3 is 14.8 Å². The Hall–Kier alpha value is -1.22. The van der Waals surface area contributed by atoms with Crippen LogP contribution >= 0.6 is 0 Å². The molecule has 1 aromatic rings. The van der Waals surface area contributed by atoms with Crippen molar-refractivity contribution in [1.29, 1.82) is 0 Å². The Kier molecular flexibility index (Phi) is 3.63. The van der Waals surface area contributed by atoms with Crippen molar-refractivity contribution in [3.63, 3.8) is 0 Å². The summed E-state index contributed by atoms with van der Waals surface area (Å²) in [6.07, 6.45) is 2.61. The van der Waals surface area contributed by atoms with E-state index in [4.69, 9.17) is 9.47 Å². The van der Waals surface area contributed by atoms with Crippen LogP contribution in [0.25, 0.3) is 0 Å². The van der Waals surface area contributed by atoms with Gasteiger partial charge in [0.25, 0.3) is 0 Å². The topological polar surface area (TPSA) is 30.5 Å². The second-order valence-electron chi connectivity index (χ2n) is 6.98. The van der Waals surface area contributed by atoms with E-state index in [2.05, 4.69) is 44.3 Å². The van der Waals surface area contributed by atoms with E-state index in [0.29, 0.717) is 19.1 Å². The normalized spacial score (nSPS) is 25.1. The number of fused-ring (bicyclic) bond motifs is 1. The van der Waals surface area contributed by atoms with E-state index >= 15 is 0 Å². The molecule has 0 aromatic heterocycles. The third-order valence-corrected chi connectivity index (χ3v) is 4.31. The van der Waals surface area contributed by atoms with Gasteiger partial charge in [-0.2, -0.15) is 0 Å². The summed E-state index contributed by atoms with van der Waals surface area (Å²) in [5, 5.41) is 3.63. The summed E-state index contributed by atoms with van der Waals surface area (Å²) in [7, 11) is 0. The molecule has 0 spiro atoms. The third kappa shape index (κ3) is 2.93. The van der Waals surface area contributed by atoms with Crippen molar-refractivity contribution in [2.75, 3.05) is 19.8 Å². The first-order valence-electron chi connectivity index (χ1n) is 7.67. The molecule has 3 nitrogen and oxygen atoms in total. The standard InChI is InChI=1S/C17H25NO2/c1-17(2,3)18-11-13-4-6-14(13)12-5-7-15-16(10-12)20-9-8-19-15/h5,7,10,13-14,18H,4,6,8-9,11H2,1-3H3. The van der Waals surface area contributed by atoms with Gasteiger partial charge in [-0.05, 0) is 69.7 Å². The quantitative estimate of drug-likeness (QED) is 0.917. The van der Waals surface area contributed by atoms with E-state index in [1.807, 2.05) is 0 Å². The Morgan fingerprint density at radius 1 is 1.10 bits per heavy atom. The van der Waals surface area contributed by atoms with Crippen LogP contribution in [-0.2, 0) is 0 Å². The van der Waals surface area contributed by atoms with Gasteiger partial charge in [-0.25, -0.2) is 0 Å². The average Bonchev–Trinajstić information content (AvgIpc) is 2.36. The summed E-state index contributed by atoms with van der Waals surface area (Å²) in [5.41, 5.74) is 1.61. The van der Waals surface area contributed by atoms with Crippen LogP contribution in [0.5, 0.6) is 11.5 Å². The van der Waals surface area contributed by atoms with Crippen molar-refractivity contribution in [3.8, 4) is 11.5 Å². The Labute approximate surface area is 121 Å². The molecule has 110 valence electrons. The summed E-state index contributed by atoms with van der Waals surface area (Å²) in [4.78, 5) is 0. The maximum atomic E-state index is 5.69. The maximum Gasteiger partial charge on any atom is 0.161 e. The fraction of sp³-hybridized carbons (Fsp3) is 0.647. The molecule has 3 heteroatoms. The van der Waals surface area contributed by atoms with Crippen LogP contribution in [0.1, 0.15) is 45.1 Å². The molecule has 0 radical (unpaired) electrons. The highest BCUT2D eigenvalue weighted by molar-refractivity contribution is 5.45. The molecule has 1 aromatic carbocycles. The first-order valence-corrected chi connectivity index (χ1v) is 7.67. The van der Waals surface area contributed by atoms with Crippen molar-refractivity contribution >= 4 is 0 Å². The zero-order valence-electron chi connectivity index (χ0n) is 12.7. The van der Waals surface area contributed by atoms with Gasteiger partial charge in [0, 0.05) is 5.54 Å². The molecule has 3 rings (SSSR count). The molecule has 0 amide bonds. The van der Waals surface area contributed by atoms with Crippen molar-refractivity contribution in [1.82, 2.24) is 5.32 Å². The molecule has 2 aliphatic rings. The first kappa shape index (κ1) is 13.7. The van der Waals surface area contributed by atoms with E-state index in [1.165, 1.54) is 18.4 Å². The molecule has 20 heavy (non-hydrogen) atoms. The second kappa shape index (κ2) is 5.28. The van der Waals surface area contributed by atoms with E-state index in [1.54, 1.807) is 0 Å². The minimum atomic E-state index is 0.201. The molecule has 0 bridgehead atoms. The fourth-order valence-corrected chi connectivity index (χ4v) is 2.98. The van der Waals surface area contributed by atoms with Crippen LogP contribution in [0.4, 0.5) is 0 Å². The fourth-order valence-electron chi connectivity index (χ4n) is 2.98. The van der Waals surface area contributed by atoms with E-state index in [0.717, 1.165) is 24.0 Å². The van der Waals surface area contributed by atoms with Gasteiger partial charge in [0.15, 0.2) is 11.5 Å². The van der Waals surface area contributed by atoms with Crippen molar-refractivity contribution < 1.29 is 9.47 Å². The monoisotopic (exact) mass is 275 g/mol. The van der Waals surface area contributed by atoms with Gasteiger partial charge in [0.1, 0.15) is 13.2 Å². The molecule has 1 fully saturated rings. The molecule has 1 aliphatic heterocycles. The minimum Gasteiger partial charge on any atom is -0.486 e. The highest BCUT2D eigenvalue weighted by Crippen LogP contribution is 2.44. The Morgan fingerprint density at radius 2 is 1.85 bits per heavy atom. The predicted octanol–water partition coefficient (Wildman–Crippen LogP) is 3.34. The summed E-state index contributed by atoms with van der Waals surface area (Å²) in [6, 6.07) is 6.46. The zero-order valence-corrected chi connectivity index (χ0v) is 12.7. The van der Waals surface area contributed by atoms with Crippen LogP contribution < -0.4 is 14.8 Å². The largest absolute Gasteiger partial charge is 0.486 e. The molecule has 1 saturated carbocycles. The van der Waals surface area contributed by atoms with Gasteiger partial charge >= 0.3 is 0 Å². The van der Waals surface area contributed by atoms with Gasteiger partial charge in [-0.15, -0.1) is 0 Å². The SMILES string of the molecule is CC(C)(C)NCC1CCC1c1ccc2c(c1)OCCO2. The van der Waals surface area contributed by atoms with E-state index in [-0.39, 0.29) is 5.54 Å². The number of nitrogens with one attached hydrogen (secondary N) is 1. The molecular formula is C17H25NO2. The first-order chi connectivity index (χ1) is 9.53. The molecule has 2 atom stereocenters. The highest BCUT2D eigenvalue weighted by Gasteiger charge is 2.33. The summed E-state index contributed by atoms with van der Waals surface area (Å²) in [6.45, 7) is 9.10. The molecule has 2 unspecified atom stereocenters. The lowest BCUT2D eigenvalue weighted by Crippen LogP contribution is -2.42. The molecule has 1 heterocycles. The minimum absolute atomic E-state index is 0.201. The van der Waals surface area contributed by atoms with Crippen molar-refractivity contribution in [2.24, 2.45) is 5.92 Å². The van der Waals surface area contributed by atoms with Gasteiger partial charge in [-0.1, -0.05) is 6.07 Å². The lowest BCUT2D eigenvalue weighted by molar-refractivity contribution is 0.170. The average molecular weight is 275 g/mol. The molecule has 1 aliphatic carbocycles. The van der Waals surface area contributed by atoms with Crippen molar-refractivity contribution in [2.45, 2.75) is 45.1 Å². The van der Waals surface area contributed by atoms with Crippen LogP contribution in [-0.4, -0.2) is 25.3 Å². The molecule has 1 N–H and O–H groups in total. The predicted molar refractivity (Wildman–Crippen MR) is 80.7 cm³/mol. The lowest BCUT2D eigenvalue weighted by Gasteiger charge is -2.39. The van der Waals surface area contributed by atoms with Crippen molar-refractivity contribution in [3.05, 3.63) is 23.8 Å². The Balaban J connectivity index is 1.67. The number of hydrogen-bond donors (Lipinski definition) is 1. The van der Waals surface area contributed by atoms with E-state index < -0.39 is 0 Å². The number of benzene rings is 1.